The summed E-state index contributed by atoms with van der Waals surface area (Å²) in [6, 6.07) is 1.16. The molecule has 1 aliphatic heterocycles. The Balaban J connectivity index is 2.05. The molecule has 0 aromatic rings. The number of rotatable bonds is 11. The lowest BCUT2D eigenvalue weighted by Gasteiger charge is -2.30. The van der Waals surface area contributed by atoms with Gasteiger partial charge in [0.1, 0.15) is 0 Å². The Bertz CT molecular complexity index is 340. The van der Waals surface area contributed by atoms with Crippen molar-refractivity contribution in [3.8, 4) is 0 Å². The first-order valence-electron chi connectivity index (χ1n) is 10.5. The Morgan fingerprint density at radius 2 is 1.56 bits per heavy atom. The van der Waals surface area contributed by atoms with Gasteiger partial charge in [-0.2, -0.15) is 0 Å². The zero-order valence-electron chi connectivity index (χ0n) is 17.5. The molecule has 148 valence electrons. The van der Waals surface area contributed by atoms with Crippen LogP contribution in [0.3, 0.4) is 0 Å². The molecule has 1 rings (SSSR count). The molecule has 0 aromatic carbocycles. The third kappa shape index (κ3) is 10.0. The van der Waals surface area contributed by atoms with E-state index in [4.69, 9.17) is 0 Å². The first-order valence-corrected chi connectivity index (χ1v) is 10.5. The van der Waals surface area contributed by atoms with Crippen LogP contribution in [-0.2, 0) is 0 Å². The van der Waals surface area contributed by atoms with Gasteiger partial charge in [0.2, 0.25) is 0 Å². The maximum absolute atomic E-state index is 4.33. The van der Waals surface area contributed by atoms with Gasteiger partial charge in [-0.3, -0.25) is 9.89 Å². The van der Waals surface area contributed by atoms with Crippen molar-refractivity contribution in [1.82, 2.24) is 20.4 Å². The number of unbranched alkanes of at least 4 members (excludes halogenated alkanes) is 2. The number of aliphatic imine (C=N–C) groups is 1. The molecule has 0 aromatic heterocycles. The van der Waals surface area contributed by atoms with Gasteiger partial charge in [-0.25, -0.2) is 0 Å². The van der Waals surface area contributed by atoms with Crippen LogP contribution in [0.1, 0.15) is 66.2 Å². The van der Waals surface area contributed by atoms with Crippen LogP contribution in [0.15, 0.2) is 4.99 Å². The van der Waals surface area contributed by atoms with Gasteiger partial charge in [0.25, 0.3) is 0 Å². The second kappa shape index (κ2) is 13.4. The Labute approximate surface area is 156 Å². The minimum Gasteiger partial charge on any atom is -0.356 e. The molecule has 0 atom stereocenters. The van der Waals surface area contributed by atoms with E-state index in [-0.39, 0.29) is 0 Å². The predicted molar refractivity (Wildman–Crippen MR) is 110 cm³/mol. The number of nitrogens with zero attached hydrogens (tertiary/aromatic N) is 3. The zero-order chi connectivity index (χ0) is 18.5. The fraction of sp³-hybridized carbons (Fsp3) is 0.950. The van der Waals surface area contributed by atoms with Gasteiger partial charge in [-0.1, -0.05) is 12.8 Å². The molecule has 5 heteroatoms. The van der Waals surface area contributed by atoms with Crippen LogP contribution in [0.25, 0.3) is 0 Å². The molecule has 0 saturated carbocycles. The lowest BCUT2D eigenvalue weighted by Crippen LogP contribution is -2.45. The zero-order valence-corrected chi connectivity index (χ0v) is 17.5. The molecular weight excluding hydrogens is 310 g/mol. The van der Waals surface area contributed by atoms with E-state index in [2.05, 4.69) is 53.1 Å². The Hall–Kier alpha value is -0.810. The van der Waals surface area contributed by atoms with Crippen LogP contribution >= 0.6 is 0 Å². The van der Waals surface area contributed by atoms with E-state index >= 15 is 0 Å². The van der Waals surface area contributed by atoms with Gasteiger partial charge in [0.05, 0.1) is 0 Å². The minimum atomic E-state index is 0.580. The fourth-order valence-electron chi connectivity index (χ4n) is 3.66. The molecule has 0 spiro atoms. The maximum Gasteiger partial charge on any atom is 0.191 e. The van der Waals surface area contributed by atoms with Crippen LogP contribution in [0.4, 0.5) is 0 Å². The number of nitrogens with one attached hydrogen (secondary N) is 2. The van der Waals surface area contributed by atoms with Crippen LogP contribution < -0.4 is 10.6 Å². The van der Waals surface area contributed by atoms with Crippen molar-refractivity contribution in [1.29, 1.82) is 0 Å². The van der Waals surface area contributed by atoms with Gasteiger partial charge in [0.15, 0.2) is 5.96 Å². The van der Waals surface area contributed by atoms with Gasteiger partial charge < -0.3 is 15.5 Å². The van der Waals surface area contributed by atoms with E-state index in [9.17, 15) is 0 Å². The largest absolute Gasteiger partial charge is 0.356 e. The molecule has 1 aliphatic rings. The Morgan fingerprint density at radius 1 is 0.920 bits per heavy atom. The third-order valence-corrected chi connectivity index (χ3v) is 5.10. The fourth-order valence-corrected chi connectivity index (χ4v) is 3.66. The van der Waals surface area contributed by atoms with Crippen LogP contribution in [0.2, 0.25) is 0 Å². The molecule has 0 radical (unpaired) electrons. The van der Waals surface area contributed by atoms with Crippen molar-refractivity contribution < 1.29 is 0 Å². The average Bonchev–Trinajstić information content (AvgIpc) is 2.59. The third-order valence-electron chi connectivity index (χ3n) is 5.10. The summed E-state index contributed by atoms with van der Waals surface area (Å²) < 4.78 is 0. The van der Waals surface area contributed by atoms with Crippen LogP contribution in [0, 0.1) is 0 Å². The lowest BCUT2D eigenvalue weighted by molar-refractivity contribution is 0.178. The molecule has 1 saturated heterocycles. The summed E-state index contributed by atoms with van der Waals surface area (Å²) in [5.41, 5.74) is 0. The number of guanidine groups is 1. The standard InChI is InChI=1S/C20H43N5/c1-18(2)25(19(3)4)17-13-23-20(21-5)22-12-8-6-9-14-24-15-10-7-11-16-24/h18-19H,6-17H2,1-5H3,(H2,21,22,23). The van der Waals surface area contributed by atoms with Crippen molar-refractivity contribution in [3.05, 3.63) is 0 Å². The molecule has 0 unspecified atom stereocenters. The van der Waals surface area contributed by atoms with E-state index in [1.165, 1.54) is 58.2 Å². The highest BCUT2D eigenvalue weighted by molar-refractivity contribution is 5.79. The van der Waals surface area contributed by atoms with Crippen molar-refractivity contribution in [2.24, 2.45) is 4.99 Å². The molecular formula is C20H43N5. The molecule has 5 nitrogen and oxygen atoms in total. The summed E-state index contributed by atoms with van der Waals surface area (Å²) in [6.45, 7) is 16.0. The summed E-state index contributed by atoms with van der Waals surface area (Å²) in [5, 5.41) is 6.89. The number of hydrogen-bond donors (Lipinski definition) is 2. The molecule has 0 bridgehead atoms. The van der Waals surface area contributed by atoms with E-state index < -0.39 is 0 Å². The summed E-state index contributed by atoms with van der Waals surface area (Å²) in [7, 11) is 1.86. The van der Waals surface area contributed by atoms with Crippen LogP contribution in [0.5, 0.6) is 0 Å². The second-order valence-corrected chi connectivity index (χ2v) is 7.81. The highest BCUT2D eigenvalue weighted by atomic mass is 15.2. The molecule has 1 heterocycles. The van der Waals surface area contributed by atoms with Crippen LogP contribution in [-0.4, -0.2) is 74.2 Å². The Morgan fingerprint density at radius 3 is 2.16 bits per heavy atom. The molecule has 25 heavy (non-hydrogen) atoms. The minimum absolute atomic E-state index is 0.580. The van der Waals surface area contributed by atoms with E-state index in [1.807, 2.05) is 7.05 Å². The van der Waals surface area contributed by atoms with Gasteiger partial charge in [0, 0.05) is 38.8 Å². The molecule has 1 fully saturated rings. The first-order chi connectivity index (χ1) is 12.0. The van der Waals surface area contributed by atoms with Crippen molar-refractivity contribution in [2.45, 2.75) is 78.3 Å². The van der Waals surface area contributed by atoms with E-state index in [0.29, 0.717) is 12.1 Å². The monoisotopic (exact) mass is 353 g/mol. The molecule has 0 amide bonds. The average molecular weight is 354 g/mol. The van der Waals surface area contributed by atoms with Crippen molar-refractivity contribution in [2.75, 3.05) is 46.3 Å². The molecule has 0 aliphatic carbocycles. The van der Waals surface area contributed by atoms with Crippen molar-refractivity contribution >= 4 is 5.96 Å². The number of hydrogen-bond acceptors (Lipinski definition) is 3. The van der Waals surface area contributed by atoms with Crippen molar-refractivity contribution in [3.63, 3.8) is 0 Å². The summed E-state index contributed by atoms with van der Waals surface area (Å²) in [4.78, 5) is 9.47. The van der Waals surface area contributed by atoms with E-state index in [0.717, 1.165) is 25.6 Å². The first kappa shape index (κ1) is 22.2. The summed E-state index contributed by atoms with van der Waals surface area (Å²) in [6.07, 6.45) is 8.07. The summed E-state index contributed by atoms with van der Waals surface area (Å²) >= 11 is 0. The second-order valence-electron chi connectivity index (χ2n) is 7.81. The molecule has 2 N–H and O–H groups in total. The summed E-state index contributed by atoms with van der Waals surface area (Å²) in [5.74, 6) is 0.934. The Kier molecular flexibility index (Phi) is 11.9. The maximum atomic E-state index is 4.33. The van der Waals surface area contributed by atoms with Gasteiger partial charge in [-0.15, -0.1) is 0 Å². The topological polar surface area (TPSA) is 42.9 Å². The number of likely N-dealkylation sites (tertiary alicyclic amines) is 1. The van der Waals surface area contributed by atoms with Gasteiger partial charge >= 0.3 is 0 Å². The highest BCUT2D eigenvalue weighted by Gasteiger charge is 2.12. The SMILES string of the molecule is CN=C(NCCCCCN1CCCCC1)NCCN(C(C)C)C(C)C. The normalized spacial score (nSPS) is 16.9. The van der Waals surface area contributed by atoms with E-state index in [1.54, 1.807) is 0 Å². The number of piperidine rings is 1. The quantitative estimate of drug-likeness (QED) is 0.340. The smallest absolute Gasteiger partial charge is 0.191 e. The highest BCUT2D eigenvalue weighted by Crippen LogP contribution is 2.09. The van der Waals surface area contributed by atoms with Gasteiger partial charge in [-0.05, 0) is 73.0 Å². The lowest BCUT2D eigenvalue weighted by atomic mass is 10.1. The predicted octanol–water partition coefficient (Wildman–Crippen LogP) is 2.93.